The zero-order valence-corrected chi connectivity index (χ0v) is 12.2. The van der Waals surface area contributed by atoms with Gasteiger partial charge in [0.1, 0.15) is 5.82 Å². The number of nitrogens with one attached hydrogen (secondary N) is 1. The minimum atomic E-state index is -0.413. The Morgan fingerprint density at radius 2 is 1.71 bits per heavy atom. The van der Waals surface area contributed by atoms with Crippen molar-refractivity contribution in [2.24, 2.45) is 0 Å². The van der Waals surface area contributed by atoms with Gasteiger partial charge in [-0.1, -0.05) is 12.1 Å². The van der Waals surface area contributed by atoms with E-state index in [1.54, 1.807) is 32.0 Å². The molecule has 2 rings (SSSR count). The van der Waals surface area contributed by atoms with Crippen LogP contribution in [0.5, 0.6) is 0 Å². The zero-order chi connectivity index (χ0) is 15.6. The highest BCUT2D eigenvalue weighted by Gasteiger charge is 2.08. The van der Waals surface area contributed by atoms with Crippen LogP contribution >= 0.6 is 0 Å². The van der Waals surface area contributed by atoms with Crippen molar-refractivity contribution in [3.63, 3.8) is 0 Å². The van der Waals surface area contributed by atoms with E-state index in [-0.39, 0.29) is 11.5 Å². The van der Waals surface area contributed by atoms with E-state index >= 15 is 0 Å². The maximum Gasteiger partial charge on any atom is 0.269 e. The number of hydrogen-bond donors (Lipinski definition) is 1. The third-order valence-corrected chi connectivity index (χ3v) is 3.40. The number of non-ortho nitro benzene ring substituents is 1. The van der Waals surface area contributed by atoms with Gasteiger partial charge in [0.15, 0.2) is 0 Å². The molecule has 0 unspecified atom stereocenters. The molecule has 0 aromatic heterocycles. The van der Waals surface area contributed by atoms with Crippen molar-refractivity contribution < 1.29 is 9.31 Å². The van der Waals surface area contributed by atoms with Crippen LogP contribution in [-0.4, -0.2) is 4.92 Å². The predicted molar refractivity (Wildman–Crippen MR) is 81.0 cm³/mol. The first-order valence-electron chi connectivity index (χ1n) is 6.63. The minimum absolute atomic E-state index is 0.0755. The fourth-order valence-electron chi connectivity index (χ4n) is 2.29. The van der Waals surface area contributed by atoms with Gasteiger partial charge in [-0.15, -0.1) is 0 Å². The van der Waals surface area contributed by atoms with Crippen LogP contribution < -0.4 is 5.32 Å². The summed E-state index contributed by atoms with van der Waals surface area (Å²) in [6, 6.07) is 8.29. The number of anilines is 1. The first-order chi connectivity index (χ1) is 9.88. The molecular weight excluding hydrogens is 271 g/mol. The van der Waals surface area contributed by atoms with Gasteiger partial charge in [-0.25, -0.2) is 4.39 Å². The molecule has 0 aliphatic carbocycles. The number of benzene rings is 2. The lowest BCUT2D eigenvalue weighted by Gasteiger charge is -2.11. The molecule has 5 heteroatoms. The van der Waals surface area contributed by atoms with Gasteiger partial charge in [-0.3, -0.25) is 10.1 Å². The minimum Gasteiger partial charge on any atom is -0.381 e. The molecule has 0 spiro atoms. The highest BCUT2D eigenvalue weighted by molar-refractivity contribution is 5.55. The van der Waals surface area contributed by atoms with E-state index in [1.165, 1.54) is 12.1 Å². The number of aryl methyl sites for hydroxylation is 3. The monoisotopic (exact) mass is 288 g/mol. The molecule has 0 bridgehead atoms. The number of halogens is 1. The summed E-state index contributed by atoms with van der Waals surface area (Å²) in [5.41, 5.74) is 3.93. The average Bonchev–Trinajstić information content (AvgIpc) is 2.43. The highest BCUT2D eigenvalue weighted by atomic mass is 19.1. The SMILES string of the molecule is Cc1cc([N+](=O)[O-])ccc1NCc1cc(C)c(F)c(C)c1. The van der Waals surface area contributed by atoms with Crippen LogP contribution in [0.15, 0.2) is 30.3 Å². The van der Waals surface area contributed by atoms with E-state index in [4.69, 9.17) is 0 Å². The van der Waals surface area contributed by atoms with Crippen molar-refractivity contribution in [1.82, 2.24) is 0 Å². The van der Waals surface area contributed by atoms with Gasteiger partial charge in [0, 0.05) is 24.4 Å². The number of hydrogen-bond acceptors (Lipinski definition) is 3. The summed E-state index contributed by atoms with van der Waals surface area (Å²) < 4.78 is 13.6. The van der Waals surface area contributed by atoms with Gasteiger partial charge in [0.25, 0.3) is 5.69 Å². The molecule has 0 saturated heterocycles. The van der Waals surface area contributed by atoms with Crippen LogP contribution in [0.1, 0.15) is 22.3 Å². The molecular formula is C16H17FN2O2. The van der Waals surface area contributed by atoms with Crippen molar-refractivity contribution in [2.75, 3.05) is 5.32 Å². The second kappa shape index (κ2) is 5.91. The van der Waals surface area contributed by atoms with Crippen LogP contribution in [0, 0.1) is 36.7 Å². The Kier molecular flexibility index (Phi) is 4.21. The van der Waals surface area contributed by atoms with Crippen LogP contribution in [0.3, 0.4) is 0 Å². The van der Waals surface area contributed by atoms with Crippen molar-refractivity contribution >= 4 is 11.4 Å². The molecule has 110 valence electrons. The smallest absolute Gasteiger partial charge is 0.269 e. The van der Waals surface area contributed by atoms with Gasteiger partial charge >= 0.3 is 0 Å². The van der Waals surface area contributed by atoms with Gasteiger partial charge < -0.3 is 5.32 Å². The average molecular weight is 288 g/mol. The Labute approximate surface area is 122 Å². The van der Waals surface area contributed by atoms with Crippen LogP contribution in [-0.2, 0) is 6.54 Å². The van der Waals surface area contributed by atoms with Gasteiger partial charge in [0.2, 0.25) is 0 Å². The standard InChI is InChI=1S/C16H17FN2O2/c1-10-8-14(19(20)21)4-5-15(10)18-9-13-6-11(2)16(17)12(3)7-13/h4-8,18H,9H2,1-3H3. The summed E-state index contributed by atoms with van der Waals surface area (Å²) in [6.45, 7) is 5.84. The molecule has 0 aliphatic heterocycles. The third-order valence-electron chi connectivity index (χ3n) is 3.40. The van der Waals surface area contributed by atoms with E-state index in [9.17, 15) is 14.5 Å². The molecule has 21 heavy (non-hydrogen) atoms. The van der Waals surface area contributed by atoms with Gasteiger partial charge in [-0.05, 0) is 49.1 Å². The number of nitro benzene ring substituents is 1. The fraction of sp³-hybridized carbons (Fsp3) is 0.250. The molecule has 0 atom stereocenters. The molecule has 2 aromatic rings. The second-order valence-electron chi connectivity index (χ2n) is 5.15. The normalized spacial score (nSPS) is 10.5. The summed E-state index contributed by atoms with van der Waals surface area (Å²) in [7, 11) is 0. The summed E-state index contributed by atoms with van der Waals surface area (Å²) in [6.07, 6.45) is 0. The fourth-order valence-corrected chi connectivity index (χ4v) is 2.29. The van der Waals surface area contributed by atoms with Crippen LogP contribution in [0.4, 0.5) is 15.8 Å². The Bertz CT molecular complexity index is 676. The van der Waals surface area contributed by atoms with Crippen molar-refractivity contribution in [2.45, 2.75) is 27.3 Å². The maximum absolute atomic E-state index is 13.6. The zero-order valence-electron chi connectivity index (χ0n) is 12.2. The topological polar surface area (TPSA) is 55.2 Å². The van der Waals surface area contributed by atoms with Crippen molar-refractivity contribution in [1.29, 1.82) is 0 Å². The molecule has 0 amide bonds. The molecule has 0 heterocycles. The van der Waals surface area contributed by atoms with Crippen LogP contribution in [0.25, 0.3) is 0 Å². The van der Waals surface area contributed by atoms with E-state index in [2.05, 4.69) is 5.32 Å². The lowest BCUT2D eigenvalue weighted by atomic mass is 10.1. The quantitative estimate of drug-likeness (QED) is 0.675. The maximum atomic E-state index is 13.6. The van der Waals surface area contributed by atoms with Crippen molar-refractivity contribution in [3.05, 3.63) is 68.5 Å². The van der Waals surface area contributed by atoms with Crippen molar-refractivity contribution in [3.8, 4) is 0 Å². The Morgan fingerprint density at radius 3 is 2.24 bits per heavy atom. The van der Waals surface area contributed by atoms with E-state index in [1.807, 2.05) is 6.92 Å². The summed E-state index contributed by atoms with van der Waals surface area (Å²) in [5, 5.41) is 13.9. The summed E-state index contributed by atoms with van der Waals surface area (Å²) >= 11 is 0. The van der Waals surface area contributed by atoms with Gasteiger partial charge in [0.05, 0.1) is 4.92 Å². The Morgan fingerprint density at radius 1 is 1.10 bits per heavy atom. The van der Waals surface area contributed by atoms with E-state index in [0.29, 0.717) is 17.7 Å². The second-order valence-corrected chi connectivity index (χ2v) is 5.15. The number of nitrogens with zero attached hydrogens (tertiary/aromatic N) is 1. The molecule has 0 saturated carbocycles. The molecule has 0 fully saturated rings. The molecule has 4 nitrogen and oxygen atoms in total. The largest absolute Gasteiger partial charge is 0.381 e. The predicted octanol–water partition coefficient (Wildman–Crippen LogP) is 4.27. The highest BCUT2D eigenvalue weighted by Crippen LogP contribution is 2.22. The third kappa shape index (κ3) is 3.37. The Balaban J connectivity index is 2.15. The summed E-state index contributed by atoms with van der Waals surface area (Å²) in [5.74, 6) is -0.176. The summed E-state index contributed by atoms with van der Waals surface area (Å²) in [4.78, 5) is 10.3. The van der Waals surface area contributed by atoms with E-state index < -0.39 is 4.92 Å². The Hall–Kier alpha value is -2.43. The van der Waals surface area contributed by atoms with Crippen LogP contribution in [0.2, 0.25) is 0 Å². The first kappa shape index (κ1) is 15.0. The molecule has 0 radical (unpaired) electrons. The number of nitro groups is 1. The van der Waals surface area contributed by atoms with E-state index in [0.717, 1.165) is 16.8 Å². The van der Waals surface area contributed by atoms with Gasteiger partial charge in [-0.2, -0.15) is 0 Å². The molecule has 1 N–H and O–H groups in total. The first-order valence-corrected chi connectivity index (χ1v) is 6.63. The lowest BCUT2D eigenvalue weighted by Crippen LogP contribution is -2.03. The number of rotatable bonds is 4. The lowest BCUT2D eigenvalue weighted by molar-refractivity contribution is -0.384. The molecule has 0 aliphatic rings. The molecule has 2 aromatic carbocycles.